The first-order chi connectivity index (χ1) is 11.8. The Morgan fingerprint density at radius 1 is 1.21 bits per heavy atom. The molecule has 0 bridgehead atoms. The van der Waals surface area contributed by atoms with Gasteiger partial charge in [-0.1, -0.05) is 12.1 Å². The molecule has 3 heterocycles. The number of hydrogen-bond acceptors (Lipinski definition) is 5. The van der Waals surface area contributed by atoms with Crippen molar-refractivity contribution in [3.05, 3.63) is 71.9 Å². The summed E-state index contributed by atoms with van der Waals surface area (Å²) in [6, 6.07) is 11.5. The monoisotopic (exact) mass is 335 g/mol. The Kier molecular flexibility index (Phi) is 3.76. The molecule has 0 saturated carbocycles. The number of rotatable bonds is 4. The number of fused-ring (bicyclic) bond motifs is 1. The number of carbonyl (C=O) groups is 1. The van der Waals surface area contributed by atoms with Gasteiger partial charge in [0.15, 0.2) is 0 Å². The maximum Gasteiger partial charge on any atom is 0.253 e. The molecule has 0 aliphatic heterocycles. The van der Waals surface area contributed by atoms with Gasteiger partial charge in [0.2, 0.25) is 0 Å². The summed E-state index contributed by atoms with van der Waals surface area (Å²) in [4.78, 5) is 25.0. The van der Waals surface area contributed by atoms with Gasteiger partial charge >= 0.3 is 0 Å². The fourth-order valence-electron chi connectivity index (χ4n) is 2.32. The molecule has 0 unspecified atom stereocenters. The highest BCUT2D eigenvalue weighted by Gasteiger charge is 2.09. The third-order valence-electron chi connectivity index (χ3n) is 3.52. The maximum absolute atomic E-state index is 12.2. The minimum Gasteiger partial charge on any atom is -0.345 e. The van der Waals surface area contributed by atoms with Crippen LogP contribution >= 0.6 is 11.3 Å². The van der Waals surface area contributed by atoms with E-state index in [-0.39, 0.29) is 5.91 Å². The lowest BCUT2D eigenvalue weighted by molar-refractivity contribution is 0.0950. The number of para-hydroxylation sites is 1. The van der Waals surface area contributed by atoms with Gasteiger partial charge in [-0.2, -0.15) is 0 Å². The highest BCUT2D eigenvalue weighted by molar-refractivity contribution is 7.18. The van der Waals surface area contributed by atoms with Gasteiger partial charge in [0.1, 0.15) is 17.2 Å². The van der Waals surface area contributed by atoms with Crippen LogP contribution in [0, 0.1) is 0 Å². The van der Waals surface area contributed by atoms with Gasteiger partial charge in [0.25, 0.3) is 5.91 Å². The van der Waals surface area contributed by atoms with E-state index < -0.39 is 0 Å². The molecule has 6 nitrogen and oxygen atoms in total. The first-order valence-corrected chi connectivity index (χ1v) is 8.18. The zero-order valence-corrected chi connectivity index (χ0v) is 13.4. The molecule has 3 aromatic heterocycles. The van der Waals surface area contributed by atoms with E-state index in [2.05, 4.69) is 20.3 Å². The minimum atomic E-state index is -0.168. The van der Waals surface area contributed by atoms with Gasteiger partial charge in [-0.3, -0.25) is 9.36 Å². The Morgan fingerprint density at radius 2 is 2.12 bits per heavy atom. The Morgan fingerprint density at radius 3 is 2.88 bits per heavy atom. The van der Waals surface area contributed by atoms with Crippen molar-refractivity contribution in [1.82, 2.24) is 24.8 Å². The molecule has 0 spiro atoms. The zero-order valence-electron chi connectivity index (χ0n) is 12.6. The summed E-state index contributed by atoms with van der Waals surface area (Å²) in [5.74, 6) is 0.550. The standard InChI is InChI=1S/C17H13N5OS/c23-17(12-5-6-15(19-9-12)22-8-7-18-11-22)20-10-16-21-13-3-1-2-4-14(13)24-16/h1-9,11H,10H2,(H,20,23). The molecular formula is C17H13N5OS. The second-order valence-corrected chi connectivity index (χ2v) is 6.25. The van der Waals surface area contributed by atoms with E-state index in [0.29, 0.717) is 12.1 Å². The lowest BCUT2D eigenvalue weighted by Gasteiger charge is -2.04. The summed E-state index contributed by atoms with van der Waals surface area (Å²) in [5, 5.41) is 3.76. The van der Waals surface area contributed by atoms with Crippen molar-refractivity contribution in [2.75, 3.05) is 0 Å². The molecule has 24 heavy (non-hydrogen) atoms. The normalized spacial score (nSPS) is 10.8. The molecule has 4 aromatic rings. The van der Waals surface area contributed by atoms with Crippen LogP contribution in [0.15, 0.2) is 61.3 Å². The molecule has 1 N–H and O–H groups in total. The van der Waals surface area contributed by atoms with Crippen LogP contribution in [0.4, 0.5) is 0 Å². The molecule has 0 atom stereocenters. The number of amides is 1. The lowest BCUT2D eigenvalue weighted by atomic mass is 10.2. The molecule has 1 amide bonds. The molecule has 0 radical (unpaired) electrons. The second-order valence-electron chi connectivity index (χ2n) is 5.13. The molecule has 0 saturated heterocycles. The Hall–Kier alpha value is -3.06. The molecule has 4 rings (SSSR count). The average Bonchev–Trinajstić information content (AvgIpc) is 3.29. The van der Waals surface area contributed by atoms with Crippen molar-refractivity contribution in [2.45, 2.75) is 6.54 Å². The Labute approximate surface area is 141 Å². The lowest BCUT2D eigenvalue weighted by Crippen LogP contribution is -2.22. The molecule has 0 fully saturated rings. The van der Waals surface area contributed by atoms with Crippen molar-refractivity contribution < 1.29 is 4.79 Å². The van der Waals surface area contributed by atoms with Crippen LogP contribution in [-0.2, 0) is 6.54 Å². The maximum atomic E-state index is 12.2. The van der Waals surface area contributed by atoms with E-state index in [1.807, 2.05) is 24.3 Å². The quantitative estimate of drug-likeness (QED) is 0.622. The van der Waals surface area contributed by atoms with Gasteiger partial charge in [0, 0.05) is 18.6 Å². The summed E-state index contributed by atoms with van der Waals surface area (Å²) in [5.41, 5.74) is 1.47. The number of imidazole rings is 1. The summed E-state index contributed by atoms with van der Waals surface area (Å²) < 4.78 is 2.90. The predicted molar refractivity (Wildman–Crippen MR) is 92.1 cm³/mol. The van der Waals surface area contributed by atoms with E-state index in [0.717, 1.165) is 21.0 Å². The van der Waals surface area contributed by atoms with Crippen molar-refractivity contribution in [2.24, 2.45) is 0 Å². The summed E-state index contributed by atoms with van der Waals surface area (Å²) in [7, 11) is 0. The van der Waals surface area contributed by atoms with E-state index in [9.17, 15) is 4.79 Å². The average molecular weight is 335 g/mol. The van der Waals surface area contributed by atoms with Crippen LogP contribution < -0.4 is 5.32 Å². The van der Waals surface area contributed by atoms with Crippen LogP contribution in [0.3, 0.4) is 0 Å². The third-order valence-corrected chi connectivity index (χ3v) is 4.55. The van der Waals surface area contributed by atoms with Gasteiger partial charge in [-0.15, -0.1) is 11.3 Å². The number of thiazole rings is 1. The van der Waals surface area contributed by atoms with Crippen LogP contribution in [0.2, 0.25) is 0 Å². The third kappa shape index (κ3) is 2.89. The molecule has 7 heteroatoms. The van der Waals surface area contributed by atoms with Crippen LogP contribution in [-0.4, -0.2) is 25.4 Å². The van der Waals surface area contributed by atoms with Crippen molar-refractivity contribution in [3.63, 3.8) is 0 Å². The zero-order chi connectivity index (χ0) is 16.4. The number of nitrogens with zero attached hydrogens (tertiary/aromatic N) is 4. The molecule has 0 aliphatic rings. The Bertz CT molecular complexity index is 943. The molecule has 0 aliphatic carbocycles. The highest BCUT2D eigenvalue weighted by Crippen LogP contribution is 2.21. The van der Waals surface area contributed by atoms with E-state index in [1.54, 1.807) is 53.0 Å². The summed E-state index contributed by atoms with van der Waals surface area (Å²) in [6.07, 6.45) is 6.70. The van der Waals surface area contributed by atoms with Crippen LogP contribution in [0.5, 0.6) is 0 Å². The fourth-order valence-corrected chi connectivity index (χ4v) is 3.23. The van der Waals surface area contributed by atoms with E-state index in [1.165, 1.54) is 0 Å². The molecule has 118 valence electrons. The highest BCUT2D eigenvalue weighted by atomic mass is 32.1. The largest absolute Gasteiger partial charge is 0.345 e. The predicted octanol–water partition coefficient (Wildman–Crippen LogP) is 2.81. The summed E-state index contributed by atoms with van der Waals surface area (Å²) >= 11 is 1.58. The number of nitrogens with one attached hydrogen (secondary N) is 1. The van der Waals surface area contributed by atoms with E-state index in [4.69, 9.17) is 0 Å². The number of benzene rings is 1. The van der Waals surface area contributed by atoms with Gasteiger partial charge in [0.05, 0.1) is 22.3 Å². The topological polar surface area (TPSA) is 72.7 Å². The number of carbonyl (C=O) groups excluding carboxylic acids is 1. The minimum absolute atomic E-state index is 0.168. The molecular weight excluding hydrogens is 322 g/mol. The first kappa shape index (κ1) is 14.5. The Balaban J connectivity index is 1.44. The smallest absolute Gasteiger partial charge is 0.253 e. The van der Waals surface area contributed by atoms with Crippen molar-refractivity contribution in [3.8, 4) is 5.82 Å². The fraction of sp³-hybridized carbons (Fsp3) is 0.0588. The SMILES string of the molecule is O=C(NCc1nc2ccccc2s1)c1ccc(-n2ccnc2)nc1. The van der Waals surface area contributed by atoms with Gasteiger partial charge < -0.3 is 5.32 Å². The van der Waals surface area contributed by atoms with Crippen molar-refractivity contribution >= 4 is 27.5 Å². The van der Waals surface area contributed by atoms with Gasteiger partial charge in [-0.25, -0.2) is 15.0 Å². The van der Waals surface area contributed by atoms with E-state index >= 15 is 0 Å². The van der Waals surface area contributed by atoms with Crippen molar-refractivity contribution in [1.29, 1.82) is 0 Å². The van der Waals surface area contributed by atoms with Crippen LogP contribution in [0.25, 0.3) is 16.0 Å². The van der Waals surface area contributed by atoms with Gasteiger partial charge in [-0.05, 0) is 24.3 Å². The number of hydrogen-bond donors (Lipinski definition) is 1. The van der Waals surface area contributed by atoms with Crippen LogP contribution in [0.1, 0.15) is 15.4 Å². The number of pyridine rings is 1. The molecule has 1 aromatic carbocycles. The number of aromatic nitrogens is 4. The second kappa shape index (κ2) is 6.21. The summed E-state index contributed by atoms with van der Waals surface area (Å²) in [6.45, 7) is 0.404. The first-order valence-electron chi connectivity index (χ1n) is 7.36.